The maximum Gasteiger partial charge on any atom is 0.0198 e. The van der Waals surface area contributed by atoms with Crippen LogP contribution in [-0.2, 0) is 12.8 Å². The summed E-state index contributed by atoms with van der Waals surface area (Å²) in [6.45, 7) is 2.58. The fourth-order valence-electron chi connectivity index (χ4n) is 3.85. The molecule has 0 spiro atoms. The van der Waals surface area contributed by atoms with Crippen LogP contribution in [0.1, 0.15) is 36.8 Å². The lowest BCUT2D eigenvalue weighted by atomic mass is 10.0. The van der Waals surface area contributed by atoms with Gasteiger partial charge in [-0.3, -0.25) is 4.90 Å². The molecule has 1 aromatic carbocycles. The van der Waals surface area contributed by atoms with E-state index in [1.165, 1.54) is 51.6 Å². The SMILES string of the molecule is c1ccc2c(c1)CC(N1CCCC(NC3CC3)C1)C2. The summed E-state index contributed by atoms with van der Waals surface area (Å²) in [6, 6.07) is 11.4. The highest BCUT2D eigenvalue weighted by Gasteiger charge is 2.32. The molecule has 1 atom stereocenters. The van der Waals surface area contributed by atoms with Crippen LogP contribution in [0.25, 0.3) is 0 Å². The Labute approximate surface area is 116 Å². The van der Waals surface area contributed by atoms with Crippen LogP contribution >= 0.6 is 0 Å². The largest absolute Gasteiger partial charge is 0.310 e. The molecule has 0 aromatic heterocycles. The van der Waals surface area contributed by atoms with Gasteiger partial charge in [0.25, 0.3) is 0 Å². The first-order valence-corrected chi connectivity index (χ1v) is 7.95. The maximum absolute atomic E-state index is 3.83. The number of fused-ring (bicyclic) bond motifs is 1. The quantitative estimate of drug-likeness (QED) is 0.893. The molecule has 1 aromatic rings. The summed E-state index contributed by atoms with van der Waals surface area (Å²) in [6.07, 6.45) is 8.11. The molecule has 19 heavy (non-hydrogen) atoms. The van der Waals surface area contributed by atoms with Crippen molar-refractivity contribution in [3.63, 3.8) is 0 Å². The van der Waals surface area contributed by atoms with Crippen LogP contribution in [0.3, 0.4) is 0 Å². The molecule has 2 fully saturated rings. The highest BCUT2D eigenvalue weighted by atomic mass is 15.2. The summed E-state index contributed by atoms with van der Waals surface area (Å²) < 4.78 is 0. The van der Waals surface area contributed by atoms with Crippen LogP contribution in [0.5, 0.6) is 0 Å². The lowest BCUT2D eigenvalue weighted by Gasteiger charge is -2.37. The normalized spacial score (nSPS) is 28.5. The van der Waals surface area contributed by atoms with Gasteiger partial charge in [-0.15, -0.1) is 0 Å². The molecule has 2 heteroatoms. The summed E-state index contributed by atoms with van der Waals surface area (Å²) in [7, 11) is 0. The summed E-state index contributed by atoms with van der Waals surface area (Å²) in [5, 5.41) is 3.83. The second-order valence-corrected chi connectivity index (χ2v) is 6.61. The molecule has 2 nitrogen and oxygen atoms in total. The van der Waals surface area contributed by atoms with Gasteiger partial charge in [-0.2, -0.15) is 0 Å². The predicted octanol–water partition coefficient (Wildman–Crippen LogP) is 2.37. The summed E-state index contributed by atoms with van der Waals surface area (Å²) in [5.41, 5.74) is 3.18. The first-order chi connectivity index (χ1) is 9.38. The Bertz CT molecular complexity index is 427. The standard InChI is InChI=1S/C17H24N2/c1-2-5-14-11-17(10-13(14)4-1)19-9-3-6-16(12-19)18-15-7-8-15/h1-2,4-5,15-18H,3,6-12H2. The molecule has 1 saturated carbocycles. The third-order valence-electron chi connectivity index (χ3n) is 5.05. The molecule has 4 rings (SSSR count). The summed E-state index contributed by atoms with van der Waals surface area (Å²) in [4.78, 5) is 2.75. The van der Waals surface area contributed by atoms with E-state index < -0.39 is 0 Å². The van der Waals surface area contributed by atoms with Crippen LogP contribution in [-0.4, -0.2) is 36.1 Å². The Kier molecular flexibility index (Phi) is 3.08. The zero-order chi connectivity index (χ0) is 12.7. The number of nitrogens with one attached hydrogen (secondary N) is 1. The van der Waals surface area contributed by atoms with Crippen LogP contribution in [0.4, 0.5) is 0 Å². The van der Waals surface area contributed by atoms with Crippen molar-refractivity contribution in [2.45, 2.75) is 56.7 Å². The third kappa shape index (κ3) is 2.56. The molecular formula is C17H24N2. The molecule has 1 unspecified atom stereocenters. The fraction of sp³-hybridized carbons (Fsp3) is 0.647. The molecule has 1 heterocycles. The van der Waals surface area contributed by atoms with Crippen molar-refractivity contribution in [2.24, 2.45) is 0 Å². The van der Waals surface area contributed by atoms with Gasteiger partial charge in [0.05, 0.1) is 0 Å². The van der Waals surface area contributed by atoms with Gasteiger partial charge in [-0.25, -0.2) is 0 Å². The number of rotatable bonds is 3. The Hall–Kier alpha value is -0.860. The molecule has 1 saturated heterocycles. The van der Waals surface area contributed by atoms with E-state index in [1.807, 2.05) is 0 Å². The van der Waals surface area contributed by atoms with Gasteiger partial charge >= 0.3 is 0 Å². The van der Waals surface area contributed by atoms with E-state index >= 15 is 0 Å². The molecular weight excluding hydrogens is 232 g/mol. The second kappa shape index (κ2) is 4.92. The van der Waals surface area contributed by atoms with E-state index in [9.17, 15) is 0 Å². The van der Waals surface area contributed by atoms with Gasteiger partial charge in [0.15, 0.2) is 0 Å². The van der Waals surface area contributed by atoms with Crippen molar-refractivity contribution in [2.75, 3.05) is 13.1 Å². The number of piperidine rings is 1. The van der Waals surface area contributed by atoms with Crippen LogP contribution in [0.2, 0.25) is 0 Å². The fourth-order valence-corrected chi connectivity index (χ4v) is 3.85. The van der Waals surface area contributed by atoms with Crippen LogP contribution in [0.15, 0.2) is 24.3 Å². The van der Waals surface area contributed by atoms with Gasteiger partial charge in [-0.1, -0.05) is 24.3 Å². The zero-order valence-electron chi connectivity index (χ0n) is 11.6. The predicted molar refractivity (Wildman–Crippen MR) is 78.4 cm³/mol. The van der Waals surface area contributed by atoms with Crippen molar-refractivity contribution >= 4 is 0 Å². The Morgan fingerprint density at radius 3 is 2.37 bits per heavy atom. The first-order valence-electron chi connectivity index (χ1n) is 7.95. The highest BCUT2D eigenvalue weighted by Crippen LogP contribution is 2.28. The smallest absolute Gasteiger partial charge is 0.0198 e. The Balaban J connectivity index is 1.40. The second-order valence-electron chi connectivity index (χ2n) is 6.61. The van der Waals surface area contributed by atoms with Crippen LogP contribution in [0, 0.1) is 0 Å². The minimum atomic E-state index is 0.755. The maximum atomic E-state index is 3.83. The molecule has 2 aliphatic carbocycles. The average molecular weight is 256 g/mol. The summed E-state index contributed by atoms with van der Waals surface area (Å²) >= 11 is 0. The van der Waals surface area contributed by atoms with E-state index in [1.54, 1.807) is 11.1 Å². The van der Waals surface area contributed by atoms with Gasteiger partial charge in [0.1, 0.15) is 0 Å². The monoisotopic (exact) mass is 256 g/mol. The van der Waals surface area contributed by atoms with Gasteiger partial charge in [0, 0.05) is 24.7 Å². The van der Waals surface area contributed by atoms with E-state index in [2.05, 4.69) is 34.5 Å². The molecule has 0 bridgehead atoms. The van der Waals surface area contributed by atoms with Crippen molar-refractivity contribution in [1.82, 2.24) is 10.2 Å². The van der Waals surface area contributed by atoms with E-state index in [0.29, 0.717) is 0 Å². The minimum Gasteiger partial charge on any atom is -0.310 e. The number of hydrogen-bond acceptors (Lipinski definition) is 2. The Morgan fingerprint density at radius 1 is 0.947 bits per heavy atom. The average Bonchev–Trinajstić information content (AvgIpc) is 3.14. The summed E-state index contributed by atoms with van der Waals surface area (Å²) in [5.74, 6) is 0. The lowest BCUT2D eigenvalue weighted by Crippen LogP contribution is -2.50. The molecule has 0 amide bonds. The van der Waals surface area contributed by atoms with Crippen molar-refractivity contribution in [3.8, 4) is 0 Å². The third-order valence-corrected chi connectivity index (χ3v) is 5.05. The molecule has 1 N–H and O–H groups in total. The van der Waals surface area contributed by atoms with Gasteiger partial charge < -0.3 is 5.32 Å². The topological polar surface area (TPSA) is 15.3 Å². The number of hydrogen-bond donors (Lipinski definition) is 1. The highest BCUT2D eigenvalue weighted by molar-refractivity contribution is 5.33. The molecule has 3 aliphatic rings. The molecule has 102 valence electrons. The van der Waals surface area contributed by atoms with Gasteiger partial charge in [0.2, 0.25) is 0 Å². The van der Waals surface area contributed by atoms with Crippen molar-refractivity contribution in [1.29, 1.82) is 0 Å². The van der Waals surface area contributed by atoms with E-state index in [-0.39, 0.29) is 0 Å². The Morgan fingerprint density at radius 2 is 1.68 bits per heavy atom. The first kappa shape index (κ1) is 11.9. The van der Waals surface area contributed by atoms with Crippen molar-refractivity contribution < 1.29 is 0 Å². The van der Waals surface area contributed by atoms with Crippen molar-refractivity contribution in [3.05, 3.63) is 35.4 Å². The van der Waals surface area contributed by atoms with Crippen LogP contribution < -0.4 is 5.32 Å². The van der Waals surface area contributed by atoms with Gasteiger partial charge in [-0.05, 0) is 56.2 Å². The molecule has 0 radical (unpaired) electrons. The molecule has 1 aliphatic heterocycles. The number of benzene rings is 1. The minimum absolute atomic E-state index is 0.755. The van der Waals surface area contributed by atoms with E-state index in [0.717, 1.165) is 18.1 Å². The number of likely N-dealkylation sites (tertiary alicyclic amines) is 1. The lowest BCUT2D eigenvalue weighted by molar-refractivity contribution is 0.140. The van der Waals surface area contributed by atoms with E-state index in [4.69, 9.17) is 0 Å². The zero-order valence-corrected chi connectivity index (χ0v) is 11.6. The number of nitrogens with zero attached hydrogens (tertiary/aromatic N) is 1.